The van der Waals surface area contributed by atoms with Crippen LogP contribution in [0.4, 0.5) is 0 Å². The first kappa shape index (κ1) is 12.2. The summed E-state index contributed by atoms with van der Waals surface area (Å²) >= 11 is 6.31. The van der Waals surface area contributed by atoms with Gasteiger partial charge in [0, 0.05) is 18.8 Å². The zero-order valence-corrected chi connectivity index (χ0v) is 11.2. The quantitative estimate of drug-likeness (QED) is 0.805. The van der Waals surface area contributed by atoms with Crippen molar-refractivity contribution >= 4 is 11.6 Å². The lowest BCUT2D eigenvalue weighted by atomic mass is 10.0. The highest BCUT2D eigenvalue weighted by Crippen LogP contribution is 2.28. The van der Waals surface area contributed by atoms with Crippen molar-refractivity contribution in [1.29, 1.82) is 0 Å². The van der Waals surface area contributed by atoms with Crippen molar-refractivity contribution < 1.29 is 0 Å². The molecule has 0 unspecified atom stereocenters. The number of aromatic nitrogens is 2. The molecule has 0 saturated carbocycles. The fourth-order valence-corrected chi connectivity index (χ4v) is 2.22. The predicted octanol–water partition coefficient (Wildman–Crippen LogP) is 3.94. The standard InChI is InChI=1S/C14H17ClN2/c1-10(2)8-11-4-5-12(13(15)9-11)14-6-7-17(3)16-14/h4-7,9-10H,8H2,1-3H3. The van der Waals surface area contributed by atoms with E-state index in [-0.39, 0.29) is 0 Å². The molecule has 3 heteroatoms. The summed E-state index contributed by atoms with van der Waals surface area (Å²) in [6, 6.07) is 8.22. The molecule has 0 bridgehead atoms. The Labute approximate surface area is 107 Å². The summed E-state index contributed by atoms with van der Waals surface area (Å²) in [4.78, 5) is 0. The van der Waals surface area contributed by atoms with Crippen LogP contribution in [0, 0.1) is 5.92 Å². The Balaban J connectivity index is 2.31. The second-order valence-corrected chi connectivity index (χ2v) is 5.19. The first-order valence-electron chi connectivity index (χ1n) is 5.84. The number of rotatable bonds is 3. The van der Waals surface area contributed by atoms with Crippen LogP contribution in [0.25, 0.3) is 11.3 Å². The molecule has 0 radical (unpaired) electrons. The number of aryl methyl sites for hydroxylation is 1. The van der Waals surface area contributed by atoms with Crippen molar-refractivity contribution in [2.45, 2.75) is 20.3 Å². The van der Waals surface area contributed by atoms with Crippen LogP contribution in [0.15, 0.2) is 30.5 Å². The average molecular weight is 249 g/mol. The van der Waals surface area contributed by atoms with Gasteiger partial charge < -0.3 is 0 Å². The molecule has 2 rings (SSSR count). The molecule has 0 fully saturated rings. The molecule has 0 N–H and O–H groups in total. The van der Waals surface area contributed by atoms with Gasteiger partial charge in [0.15, 0.2) is 0 Å². The maximum atomic E-state index is 6.31. The second kappa shape index (κ2) is 4.92. The number of halogens is 1. The Morgan fingerprint density at radius 1 is 1.29 bits per heavy atom. The van der Waals surface area contributed by atoms with Crippen LogP contribution in [0.1, 0.15) is 19.4 Å². The minimum absolute atomic E-state index is 0.645. The van der Waals surface area contributed by atoms with Crippen molar-refractivity contribution in [1.82, 2.24) is 9.78 Å². The Hall–Kier alpha value is -1.28. The van der Waals surface area contributed by atoms with Gasteiger partial charge in [-0.2, -0.15) is 5.10 Å². The molecular weight excluding hydrogens is 232 g/mol. The van der Waals surface area contributed by atoms with Gasteiger partial charge in [0.1, 0.15) is 0 Å². The van der Waals surface area contributed by atoms with Crippen molar-refractivity contribution in [2.75, 3.05) is 0 Å². The molecule has 1 heterocycles. The van der Waals surface area contributed by atoms with E-state index in [0.29, 0.717) is 5.92 Å². The van der Waals surface area contributed by atoms with E-state index in [4.69, 9.17) is 11.6 Å². The molecule has 17 heavy (non-hydrogen) atoms. The highest BCUT2D eigenvalue weighted by atomic mass is 35.5. The molecule has 0 aliphatic rings. The molecule has 0 aliphatic carbocycles. The van der Waals surface area contributed by atoms with Crippen LogP contribution >= 0.6 is 11.6 Å². The number of nitrogens with zero attached hydrogens (tertiary/aromatic N) is 2. The van der Waals surface area contributed by atoms with Gasteiger partial charge >= 0.3 is 0 Å². The van der Waals surface area contributed by atoms with E-state index in [1.807, 2.05) is 25.4 Å². The third-order valence-electron chi connectivity index (χ3n) is 2.67. The van der Waals surface area contributed by atoms with Crippen LogP contribution in [0.3, 0.4) is 0 Å². The first-order valence-corrected chi connectivity index (χ1v) is 6.22. The van der Waals surface area contributed by atoms with Gasteiger partial charge in [0.25, 0.3) is 0 Å². The molecule has 0 atom stereocenters. The molecule has 1 aromatic carbocycles. The van der Waals surface area contributed by atoms with Crippen LogP contribution in [0.2, 0.25) is 5.02 Å². The van der Waals surface area contributed by atoms with E-state index >= 15 is 0 Å². The summed E-state index contributed by atoms with van der Waals surface area (Å²) < 4.78 is 1.79. The predicted molar refractivity (Wildman–Crippen MR) is 72.2 cm³/mol. The van der Waals surface area contributed by atoms with Crippen molar-refractivity contribution in [3.05, 3.63) is 41.0 Å². The van der Waals surface area contributed by atoms with Crippen molar-refractivity contribution in [3.8, 4) is 11.3 Å². The normalized spacial score (nSPS) is 11.1. The van der Waals surface area contributed by atoms with Gasteiger partial charge in [-0.15, -0.1) is 0 Å². The summed E-state index contributed by atoms with van der Waals surface area (Å²) in [6.45, 7) is 4.42. The number of hydrogen-bond donors (Lipinski definition) is 0. The van der Waals surface area contributed by atoms with Crippen LogP contribution in [0.5, 0.6) is 0 Å². The van der Waals surface area contributed by atoms with Crippen LogP contribution in [-0.2, 0) is 13.5 Å². The summed E-state index contributed by atoms with van der Waals surface area (Å²) in [6.07, 6.45) is 2.98. The molecule has 90 valence electrons. The molecule has 1 aromatic heterocycles. The third kappa shape index (κ3) is 2.89. The lowest BCUT2D eigenvalue weighted by Crippen LogP contribution is -1.94. The molecule has 0 saturated heterocycles. The smallest absolute Gasteiger partial charge is 0.0937 e. The first-order chi connectivity index (χ1) is 8.06. The monoisotopic (exact) mass is 248 g/mol. The van der Waals surface area contributed by atoms with Gasteiger partial charge in [-0.1, -0.05) is 37.6 Å². The summed E-state index contributed by atoms with van der Waals surface area (Å²) in [5, 5.41) is 5.14. The summed E-state index contributed by atoms with van der Waals surface area (Å²) in [5.74, 6) is 0.645. The molecule has 2 nitrogen and oxygen atoms in total. The highest BCUT2D eigenvalue weighted by molar-refractivity contribution is 6.33. The largest absolute Gasteiger partial charge is 0.275 e. The maximum absolute atomic E-state index is 6.31. The third-order valence-corrected chi connectivity index (χ3v) is 2.98. The lowest BCUT2D eigenvalue weighted by Gasteiger charge is -2.07. The van der Waals surface area contributed by atoms with E-state index in [1.165, 1.54) is 5.56 Å². The highest BCUT2D eigenvalue weighted by Gasteiger charge is 2.07. The number of benzene rings is 1. The van der Waals surface area contributed by atoms with E-state index in [1.54, 1.807) is 4.68 Å². The Bertz CT molecular complexity index is 515. The van der Waals surface area contributed by atoms with Gasteiger partial charge in [-0.25, -0.2) is 0 Å². The van der Waals surface area contributed by atoms with Crippen LogP contribution in [-0.4, -0.2) is 9.78 Å². The Morgan fingerprint density at radius 3 is 2.59 bits per heavy atom. The molecule has 0 spiro atoms. The van der Waals surface area contributed by atoms with E-state index in [2.05, 4.69) is 31.1 Å². The Morgan fingerprint density at radius 2 is 2.06 bits per heavy atom. The van der Waals surface area contributed by atoms with E-state index in [0.717, 1.165) is 22.7 Å². The van der Waals surface area contributed by atoms with Gasteiger partial charge in [-0.05, 0) is 30.0 Å². The second-order valence-electron chi connectivity index (χ2n) is 4.79. The molecule has 0 aliphatic heterocycles. The zero-order valence-electron chi connectivity index (χ0n) is 10.4. The minimum atomic E-state index is 0.645. The molecular formula is C14H17ClN2. The van der Waals surface area contributed by atoms with E-state index < -0.39 is 0 Å². The van der Waals surface area contributed by atoms with E-state index in [9.17, 15) is 0 Å². The summed E-state index contributed by atoms with van der Waals surface area (Å²) in [5.41, 5.74) is 3.21. The maximum Gasteiger partial charge on any atom is 0.0937 e. The topological polar surface area (TPSA) is 17.8 Å². The average Bonchev–Trinajstić information content (AvgIpc) is 2.64. The van der Waals surface area contributed by atoms with Crippen molar-refractivity contribution in [3.63, 3.8) is 0 Å². The lowest BCUT2D eigenvalue weighted by molar-refractivity contribution is 0.647. The van der Waals surface area contributed by atoms with Gasteiger partial charge in [-0.3, -0.25) is 4.68 Å². The summed E-state index contributed by atoms with van der Waals surface area (Å²) in [7, 11) is 1.91. The van der Waals surface area contributed by atoms with Crippen LogP contribution < -0.4 is 0 Å². The zero-order chi connectivity index (χ0) is 12.4. The number of hydrogen-bond acceptors (Lipinski definition) is 1. The SMILES string of the molecule is CC(C)Cc1ccc(-c2ccn(C)n2)c(Cl)c1. The van der Waals surface area contributed by atoms with Crippen molar-refractivity contribution in [2.24, 2.45) is 13.0 Å². The molecule has 0 amide bonds. The van der Waals surface area contributed by atoms with Gasteiger partial charge in [0.05, 0.1) is 10.7 Å². The van der Waals surface area contributed by atoms with Gasteiger partial charge in [0.2, 0.25) is 0 Å². The molecule has 2 aromatic rings. The fraction of sp³-hybridized carbons (Fsp3) is 0.357. The fourth-order valence-electron chi connectivity index (χ4n) is 1.92. The minimum Gasteiger partial charge on any atom is -0.275 e. The Kier molecular flexibility index (Phi) is 3.53.